The Morgan fingerprint density at radius 2 is 1.48 bits per heavy atom. The summed E-state index contributed by atoms with van der Waals surface area (Å²) in [5, 5.41) is 10.6. The molecule has 0 fully saturated rings. The first-order chi connectivity index (χ1) is 12.9. The summed E-state index contributed by atoms with van der Waals surface area (Å²) in [4.78, 5) is 34.5. The Labute approximate surface area is 154 Å². The molecule has 0 amide bonds. The normalized spacial score (nSPS) is 10.0. The van der Waals surface area contributed by atoms with Crippen LogP contribution in [0.15, 0.2) is 36.4 Å². The van der Waals surface area contributed by atoms with Crippen molar-refractivity contribution in [3.63, 3.8) is 0 Å². The molecule has 0 aromatic heterocycles. The second kappa shape index (κ2) is 8.65. The van der Waals surface area contributed by atoms with Gasteiger partial charge in [-0.25, -0.2) is 4.79 Å². The fraction of sp³-hybridized carbons (Fsp3) is 0.222. The lowest BCUT2D eigenvalue weighted by Crippen LogP contribution is -2.15. The highest BCUT2D eigenvalue weighted by Crippen LogP contribution is 2.34. The summed E-state index contributed by atoms with van der Waals surface area (Å²) < 4.78 is 20.5. The summed E-state index contributed by atoms with van der Waals surface area (Å²) in [6.45, 7) is -0.534. The molecule has 0 unspecified atom stereocenters. The van der Waals surface area contributed by atoms with Crippen LogP contribution in [0.2, 0.25) is 0 Å². The molecule has 142 valence electrons. The van der Waals surface area contributed by atoms with E-state index in [2.05, 4.69) is 0 Å². The molecule has 0 saturated carbocycles. The molecule has 0 bridgehead atoms. The number of methoxy groups -OCH3 is 3. The standard InChI is InChI=1S/C18H17NO8/c1-24-15-9-17(26-3)16(25-2)8-13(15)18(21)27-10-14(20)11-4-6-12(7-5-11)19(22)23/h4-9H,10H2,1-3H3. The van der Waals surface area contributed by atoms with Gasteiger partial charge in [-0.2, -0.15) is 0 Å². The summed E-state index contributed by atoms with van der Waals surface area (Å²) in [7, 11) is 4.23. The molecule has 0 radical (unpaired) electrons. The Morgan fingerprint density at radius 1 is 0.926 bits per heavy atom. The van der Waals surface area contributed by atoms with E-state index in [1.165, 1.54) is 57.7 Å². The van der Waals surface area contributed by atoms with Gasteiger partial charge < -0.3 is 18.9 Å². The first-order valence-corrected chi connectivity index (χ1v) is 7.66. The molecule has 0 aliphatic heterocycles. The summed E-state index contributed by atoms with van der Waals surface area (Å²) in [5.74, 6) is -0.430. The topological polar surface area (TPSA) is 114 Å². The number of ether oxygens (including phenoxy) is 4. The molecule has 0 aliphatic rings. The van der Waals surface area contributed by atoms with Crippen molar-refractivity contribution >= 4 is 17.4 Å². The zero-order valence-electron chi connectivity index (χ0n) is 14.9. The molecule has 2 rings (SSSR count). The van der Waals surface area contributed by atoms with Gasteiger partial charge in [0.25, 0.3) is 5.69 Å². The van der Waals surface area contributed by atoms with Crippen LogP contribution in [0.3, 0.4) is 0 Å². The largest absolute Gasteiger partial charge is 0.496 e. The Balaban J connectivity index is 2.12. The zero-order valence-corrected chi connectivity index (χ0v) is 14.9. The Kier molecular flexibility index (Phi) is 6.32. The third-order valence-corrected chi connectivity index (χ3v) is 3.66. The van der Waals surface area contributed by atoms with Gasteiger partial charge >= 0.3 is 5.97 Å². The van der Waals surface area contributed by atoms with Crippen molar-refractivity contribution in [2.75, 3.05) is 27.9 Å². The second-order valence-electron chi connectivity index (χ2n) is 5.21. The number of nitro benzene ring substituents is 1. The van der Waals surface area contributed by atoms with Gasteiger partial charge in [-0.15, -0.1) is 0 Å². The van der Waals surface area contributed by atoms with E-state index >= 15 is 0 Å². The minimum atomic E-state index is -0.789. The number of ketones is 1. The monoisotopic (exact) mass is 375 g/mol. The fourth-order valence-electron chi connectivity index (χ4n) is 2.25. The predicted molar refractivity (Wildman–Crippen MR) is 93.8 cm³/mol. The number of carbonyl (C=O) groups excluding carboxylic acids is 2. The highest BCUT2D eigenvalue weighted by atomic mass is 16.6. The highest BCUT2D eigenvalue weighted by Gasteiger charge is 2.20. The quantitative estimate of drug-likeness (QED) is 0.299. The predicted octanol–water partition coefficient (Wildman–Crippen LogP) is 2.66. The Morgan fingerprint density at radius 3 is 2.00 bits per heavy atom. The van der Waals surface area contributed by atoms with Crippen LogP contribution in [0.1, 0.15) is 20.7 Å². The Hall–Kier alpha value is -3.62. The minimum Gasteiger partial charge on any atom is -0.496 e. The molecule has 27 heavy (non-hydrogen) atoms. The molecular formula is C18H17NO8. The van der Waals surface area contributed by atoms with Crippen molar-refractivity contribution in [1.29, 1.82) is 0 Å². The van der Waals surface area contributed by atoms with Gasteiger partial charge in [0.2, 0.25) is 0 Å². The van der Waals surface area contributed by atoms with Crippen LogP contribution in [0, 0.1) is 10.1 Å². The molecule has 0 heterocycles. The molecule has 0 aliphatic carbocycles. The molecule has 2 aromatic rings. The van der Waals surface area contributed by atoms with Crippen LogP contribution in [-0.2, 0) is 4.74 Å². The molecule has 9 nitrogen and oxygen atoms in total. The van der Waals surface area contributed by atoms with Crippen LogP contribution in [0.4, 0.5) is 5.69 Å². The number of Topliss-reactive ketones (excluding diaryl/α,β-unsaturated/α-hetero) is 1. The number of esters is 1. The van der Waals surface area contributed by atoms with Crippen LogP contribution < -0.4 is 14.2 Å². The maximum absolute atomic E-state index is 12.3. The van der Waals surface area contributed by atoms with Crippen molar-refractivity contribution in [2.24, 2.45) is 0 Å². The zero-order chi connectivity index (χ0) is 20.0. The minimum absolute atomic E-state index is 0.0617. The van der Waals surface area contributed by atoms with E-state index in [9.17, 15) is 19.7 Å². The fourth-order valence-corrected chi connectivity index (χ4v) is 2.25. The molecule has 0 atom stereocenters. The van der Waals surface area contributed by atoms with Gasteiger partial charge in [0.15, 0.2) is 23.9 Å². The van der Waals surface area contributed by atoms with E-state index in [1.807, 2.05) is 0 Å². The number of rotatable bonds is 8. The lowest BCUT2D eigenvalue weighted by molar-refractivity contribution is -0.384. The first-order valence-electron chi connectivity index (χ1n) is 7.66. The number of non-ortho nitro benzene ring substituents is 1. The Bertz CT molecular complexity index is 860. The molecule has 9 heteroatoms. The van der Waals surface area contributed by atoms with Crippen LogP contribution in [0.25, 0.3) is 0 Å². The lowest BCUT2D eigenvalue weighted by atomic mass is 10.1. The number of carbonyl (C=O) groups is 2. The lowest BCUT2D eigenvalue weighted by Gasteiger charge is -2.13. The summed E-state index contributed by atoms with van der Waals surface area (Å²) in [6, 6.07) is 7.85. The maximum atomic E-state index is 12.3. The first kappa shape index (κ1) is 19.7. The summed E-state index contributed by atoms with van der Waals surface area (Å²) in [5.41, 5.74) is 0.109. The smallest absolute Gasteiger partial charge is 0.342 e. The van der Waals surface area contributed by atoms with Crippen molar-refractivity contribution in [1.82, 2.24) is 0 Å². The summed E-state index contributed by atoms with van der Waals surface area (Å²) in [6.07, 6.45) is 0. The number of nitrogens with zero attached hydrogens (tertiary/aromatic N) is 1. The van der Waals surface area contributed by atoms with Crippen molar-refractivity contribution < 1.29 is 33.5 Å². The highest BCUT2D eigenvalue weighted by molar-refractivity contribution is 6.00. The number of hydrogen-bond acceptors (Lipinski definition) is 8. The van der Waals surface area contributed by atoms with Gasteiger partial charge in [-0.1, -0.05) is 0 Å². The number of nitro groups is 1. The van der Waals surface area contributed by atoms with Crippen LogP contribution in [-0.4, -0.2) is 44.6 Å². The van der Waals surface area contributed by atoms with Crippen LogP contribution >= 0.6 is 0 Å². The van der Waals surface area contributed by atoms with Gasteiger partial charge in [0, 0.05) is 29.8 Å². The third-order valence-electron chi connectivity index (χ3n) is 3.66. The van der Waals surface area contributed by atoms with E-state index in [4.69, 9.17) is 18.9 Å². The average molecular weight is 375 g/mol. The SMILES string of the molecule is COc1cc(OC)c(C(=O)OCC(=O)c2ccc([N+](=O)[O-])cc2)cc1OC. The van der Waals surface area contributed by atoms with Gasteiger partial charge in [-0.3, -0.25) is 14.9 Å². The van der Waals surface area contributed by atoms with Gasteiger partial charge in [0.05, 0.1) is 26.3 Å². The van der Waals surface area contributed by atoms with Crippen molar-refractivity contribution in [3.05, 3.63) is 57.6 Å². The van der Waals surface area contributed by atoms with E-state index in [0.717, 1.165) is 0 Å². The number of benzene rings is 2. The van der Waals surface area contributed by atoms with E-state index < -0.39 is 23.3 Å². The van der Waals surface area contributed by atoms with E-state index in [1.54, 1.807) is 0 Å². The van der Waals surface area contributed by atoms with E-state index in [-0.39, 0.29) is 22.6 Å². The van der Waals surface area contributed by atoms with E-state index in [0.29, 0.717) is 11.5 Å². The second-order valence-corrected chi connectivity index (χ2v) is 5.21. The van der Waals surface area contributed by atoms with Crippen LogP contribution in [0.5, 0.6) is 17.2 Å². The molecule has 0 saturated heterocycles. The van der Waals surface area contributed by atoms with Crippen molar-refractivity contribution in [2.45, 2.75) is 0 Å². The third kappa shape index (κ3) is 4.51. The molecule has 0 N–H and O–H groups in total. The van der Waals surface area contributed by atoms with Crippen molar-refractivity contribution in [3.8, 4) is 17.2 Å². The van der Waals surface area contributed by atoms with Gasteiger partial charge in [0.1, 0.15) is 11.3 Å². The molecule has 2 aromatic carbocycles. The average Bonchev–Trinajstić information content (AvgIpc) is 2.70. The van der Waals surface area contributed by atoms with Gasteiger partial charge in [-0.05, 0) is 12.1 Å². The number of hydrogen-bond donors (Lipinski definition) is 0. The molecular weight excluding hydrogens is 358 g/mol. The molecule has 0 spiro atoms. The maximum Gasteiger partial charge on any atom is 0.342 e. The summed E-state index contributed by atoms with van der Waals surface area (Å²) >= 11 is 0.